The zero-order valence-electron chi connectivity index (χ0n) is 11.6. The Morgan fingerprint density at radius 2 is 1.69 bits per heavy atom. The van der Waals surface area contributed by atoms with Crippen molar-refractivity contribution in [3.63, 3.8) is 0 Å². The van der Waals surface area contributed by atoms with Crippen molar-refractivity contribution in [3.05, 3.63) is 11.1 Å². The fourth-order valence-corrected chi connectivity index (χ4v) is 4.26. The number of hydrogen-bond donors (Lipinski definition) is 1. The van der Waals surface area contributed by atoms with Gasteiger partial charge in [-0.1, -0.05) is 26.3 Å². The van der Waals surface area contributed by atoms with Crippen molar-refractivity contribution in [2.45, 2.75) is 66.4 Å². The van der Waals surface area contributed by atoms with E-state index in [1.54, 1.807) is 0 Å². The molecule has 92 valence electrons. The molecule has 1 nitrogen and oxygen atoms in total. The van der Waals surface area contributed by atoms with Gasteiger partial charge >= 0.3 is 0 Å². The topological polar surface area (TPSA) is 20.2 Å². The van der Waals surface area contributed by atoms with Crippen molar-refractivity contribution in [1.82, 2.24) is 0 Å². The van der Waals surface area contributed by atoms with Crippen LogP contribution in [0.5, 0.6) is 0 Å². The van der Waals surface area contributed by atoms with Crippen LogP contribution in [0.25, 0.3) is 0 Å². The highest BCUT2D eigenvalue weighted by molar-refractivity contribution is 5.32. The Balaban J connectivity index is 2.53. The van der Waals surface area contributed by atoms with Crippen LogP contribution < -0.4 is 0 Å². The van der Waals surface area contributed by atoms with E-state index in [1.807, 2.05) is 0 Å². The third-order valence-electron chi connectivity index (χ3n) is 6.26. The van der Waals surface area contributed by atoms with Gasteiger partial charge in [-0.2, -0.15) is 0 Å². The van der Waals surface area contributed by atoms with Gasteiger partial charge in [-0.15, -0.1) is 0 Å². The van der Waals surface area contributed by atoms with E-state index < -0.39 is 5.60 Å². The number of aliphatic hydroxyl groups is 1. The van der Waals surface area contributed by atoms with Gasteiger partial charge in [0, 0.05) is 5.41 Å². The molecule has 0 saturated heterocycles. The van der Waals surface area contributed by atoms with Crippen LogP contribution in [0, 0.1) is 16.7 Å². The molecule has 2 fully saturated rings. The molecule has 0 aromatic heterocycles. The fourth-order valence-electron chi connectivity index (χ4n) is 4.26. The molecule has 1 heteroatoms. The Morgan fingerprint density at radius 1 is 1.12 bits per heavy atom. The number of rotatable bonds is 1. The molecule has 0 aromatic carbocycles. The molecule has 2 bridgehead atoms. The van der Waals surface area contributed by atoms with Crippen LogP contribution >= 0.6 is 0 Å². The lowest BCUT2D eigenvalue weighted by atomic mass is 9.62. The Hall–Kier alpha value is -0.300. The van der Waals surface area contributed by atoms with Crippen LogP contribution in [-0.2, 0) is 0 Å². The Morgan fingerprint density at radius 3 is 2.00 bits per heavy atom. The lowest BCUT2D eigenvalue weighted by molar-refractivity contribution is -0.0606. The highest BCUT2D eigenvalue weighted by Crippen LogP contribution is 2.71. The number of fused-ring (bicyclic) bond motifs is 2. The van der Waals surface area contributed by atoms with Crippen molar-refractivity contribution in [2.75, 3.05) is 0 Å². The van der Waals surface area contributed by atoms with Crippen LogP contribution in [0.15, 0.2) is 11.1 Å². The first-order valence-electron chi connectivity index (χ1n) is 6.54. The molecule has 2 saturated carbocycles. The third kappa shape index (κ3) is 1.11. The largest absolute Gasteiger partial charge is 0.385 e. The van der Waals surface area contributed by atoms with E-state index in [2.05, 4.69) is 41.5 Å². The van der Waals surface area contributed by atoms with Crippen LogP contribution in [-0.4, -0.2) is 10.7 Å². The molecular weight excluding hydrogens is 196 g/mol. The molecule has 0 unspecified atom stereocenters. The smallest absolute Gasteiger partial charge is 0.0917 e. The maximum atomic E-state index is 11.2. The summed E-state index contributed by atoms with van der Waals surface area (Å²) in [7, 11) is 0. The van der Waals surface area contributed by atoms with E-state index in [-0.39, 0.29) is 10.8 Å². The summed E-state index contributed by atoms with van der Waals surface area (Å²) in [6.45, 7) is 13.4. The highest BCUT2D eigenvalue weighted by atomic mass is 16.3. The summed E-state index contributed by atoms with van der Waals surface area (Å²) in [5.41, 5.74) is 2.28. The summed E-state index contributed by atoms with van der Waals surface area (Å²) in [6.07, 6.45) is 3.43. The van der Waals surface area contributed by atoms with Crippen molar-refractivity contribution < 1.29 is 5.11 Å². The molecule has 16 heavy (non-hydrogen) atoms. The second-order valence-electron chi connectivity index (χ2n) is 6.98. The van der Waals surface area contributed by atoms with Crippen LogP contribution in [0.1, 0.15) is 60.8 Å². The van der Waals surface area contributed by atoms with Gasteiger partial charge in [0.05, 0.1) is 5.60 Å². The first-order valence-corrected chi connectivity index (χ1v) is 6.54. The maximum Gasteiger partial charge on any atom is 0.0917 e. The van der Waals surface area contributed by atoms with Gasteiger partial charge < -0.3 is 5.11 Å². The van der Waals surface area contributed by atoms with Gasteiger partial charge in [-0.3, -0.25) is 0 Å². The standard InChI is InChI=1S/C15H26O/c1-10(2)11(3)15(16)9-12-7-8-14(15,6)13(12,4)5/h12,16H,7-9H2,1-6H3/t12-,14-,15-/m1/s1. The first kappa shape index (κ1) is 12.2. The second-order valence-corrected chi connectivity index (χ2v) is 6.98. The number of hydrogen-bond acceptors (Lipinski definition) is 1. The molecule has 0 heterocycles. The zero-order valence-corrected chi connectivity index (χ0v) is 11.6. The lowest BCUT2D eigenvalue weighted by Gasteiger charge is -2.46. The molecular formula is C15H26O. The van der Waals surface area contributed by atoms with E-state index in [4.69, 9.17) is 0 Å². The molecule has 0 amide bonds. The molecule has 0 aromatic rings. The summed E-state index contributed by atoms with van der Waals surface area (Å²) in [5, 5.41) is 11.2. The molecule has 1 N–H and O–H groups in total. The quantitative estimate of drug-likeness (QED) is 0.667. The monoisotopic (exact) mass is 222 g/mol. The van der Waals surface area contributed by atoms with Gasteiger partial charge in [0.2, 0.25) is 0 Å². The van der Waals surface area contributed by atoms with Crippen molar-refractivity contribution >= 4 is 0 Å². The molecule has 2 aliphatic rings. The highest BCUT2D eigenvalue weighted by Gasteiger charge is 2.68. The molecule has 0 radical (unpaired) electrons. The second kappa shape index (κ2) is 3.13. The summed E-state index contributed by atoms with van der Waals surface area (Å²) >= 11 is 0. The minimum atomic E-state index is -0.557. The van der Waals surface area contributed by atoms with E-state index in [0.29, 0.717) is 5.92 Å². The van der Waals surface area contributed by atoms with Gasteiger partial charge in [-0.25, -0.2) is 0 Å². The third-order valence-corrected chi connectivity index (χ3v) is 6.26. The summed E-state index contributed by atoms with van der Waals surface area (Å²) in [4.78, 5) is 0. The van der Waals surface area contributed by atoms with Crippen molar-refractivity contribution in [3.8, 4) is 0 Å². The van der Waals surface area contributed by atoms with Crippen molar-refractivity contribution in [2.24, 2.45) is 16.7 Å². The molecule has 3 atom stereocenters. The number of allylic oxidation sites excluding steroid dienone is 1. The summed E-state index contributed by atoms with van der Waals surface area (Å²) in [5.74, 6) is 0.691. The predicted octanol–water partition coefficient (Wildman–Crippen LogP) is 3.92. The van der Waals surface area contributed by atoms with Gasteiger partial charge in [0.1, 0.15) is 0 Å². The minimum absolute atomic E-state index is 0.0615. The van der Waals surface area contributed by atoms with Crippen LogP contribution in [0.2, 0.25) is 0 Å². The Labute approximate surface area is 99.9 Å². The van der Waals surface area contributed by atoms with Gasteiger partial charge in [0.15, 0.2) is 0 Å². The van der Waals surface area contributed by atoms with Gasteiger partial charge in [0.25, 0.3) is 0 Å². The summed E-state index contributed by atoms with van der Waals surface area (Å²) < 4.78 is 0. The van der Waals surface area contributed by atoms with Crippen molar-refractivity contribution in [1.29, 1.82) is 0 Å². The molecule has 0 aliphatic heterocycles. The Bertz CT molecular complexity index is 348. The molecule has 2 rings (SSSR count). The zero-order chi connectivity index (χ0) is 12.4. The van der Waals surface area contributed by atoms with E-state index in [1.165, 1.54) is 24.0 Å². The fraction of sp³-hybridized carbons (Fsp3) is 0.867. The van der Waals surface area contributed by atoms with E-state index in [9.17, 15) is 5.11 Å². The average Bonchev–Trinajstić information content (AvgIpc) is 2.48. The van der Waals surface area contributed by atoms with E-state index in [0.717, 1.165) is 6.42 Å². The van der Waals surface area contributed by atoms with Crippen LogP contribution in [0.3, 0.4) is 0 Å². The first-order chi connectivity index (χ1) is 7.17. The maximum absolute atomic E-state index is 11.2. The lowest BCUT2D eigenvalue weighted by Crippen LogP contribution is -2.48. The average molecular weight is 222 g/mol. The Kier molecular flexibility index (Phi) is 2.38. The van der Waals surface area contributed by atoms with Gasteiger partial charge in [-0.05, 0) is 56.9 Å². The predicted molar refractivity (Wildman–Crippen MR) is 68.2 cm³/mol. The normalized spacial score (nSPS) is 44.8. The van der Waals surface area contributed by atoms with E-state index >= 15 is 0 Å². The molecule has 0 spiro atoms. The minimum Gasteiger partial charge on any atom is -0.385 e. The summed E-state index contributed by atoms with van der Waals surface area (Å²) in [6, 6.07) is 0. The SMILES string of the molecule is CC(C)=C(C)[C@]1(O)C[C@H]2CC[C@]1(C)C2(C)C. The van der Waals surface area contributed by atoms with Crippen LogP contribution in [0.4, 0.5) is 0 Å². The molecule has 2 aliphatic carbocycles.